The molecule has 82 valence electrons. The second-order valence-corrected chi connectivity index (χ2v) is 4.81. The maximum absolute atomic E-state index is 5.32. The molecule has 0 radical (unpaired) electrons. The number of hydrogen-bond acceptors (Lipinski definition) is 3. The van der Waals surface area contributed by atoms with Crippen molar-refractivity contribution < 1.29 is 4.74 Å². The van der Waals surface area contributed by atoms with E-state index in [9.17, 15) is 0 Å². The molecule has 2 rings (SSSR count). The smallest absolute Gasteiger partial charge is 0.0601 e. The Kier molecular flexibility index (Phi) is 3.10. The van der Waals surface area contributed by atoms with Crippen molar-refractivity contribution in [1.82, 2.24) is 9.80 Å². The molecular formula is C11H22N2O. The summed E-state index contributed by atoms with van der Waals surface area (Å²) < 4.78 is 5.32. The first kappa shape index (κ1) is 10.4. The van der Waals surface area contributed by atoms with E-state index in [4.69, 9.17) is 4.74 Å². The molecule has 0 aromatic carbocycles. The van der Waals surface area contributed by atoms with Crippen LogP contribution in [0.5, 0.6) is 0 Å². The van der Waals surface area contributed by atoms with Crippen molar-refractivity contribution in [2.75, 3.05) is 33.8 Å². The lowest BCUT2D eigenvalue weighted by molar-refractivity contribution is -0.0462. The Labute approximate surface area is 87.0 Å². The lowest BCUT2D eigenvalue weighted by atomic mass is 9.87. The first-order valence-corrected chi connectivity index (χ1v) is 5.67. The highest BCUT2D eigenvalue weighted by Crippen LogP contribution is 2.29. The van der Waals surface area contributed by atoms with Gasteiger partial charge in [-0.2, -0.15) is 0 Å². The number of rotatable bonds is 2. The van der Waals surface area contributed by atoms with Crippen LogP contribution in [-0.4, -0.2) is 61.8 Å². The molecule has 1 atom stereocenters. The van der Waals surface area contributed by atoms with E-state index in [0.29, 0.717) is 12.1 Å². The Morgan fingerprint density at radius 1 is 1.21 bits per heavy atom. The first-order chi connectivity index (χ1) is 6.70. The van der Waals surface area contributed by atoms with Gasteiger partial charge in [0.15, 0.2) is 0 Å². The molecule has 0 aromatic heterocycles. The summed E-state index contributed by atoms with van der Waals surface area (Å²) in [5.74, 6) is 0. The van der Waals surface area contributed by atoms with E-state index in [1.165, 1.54) is 32.5 Å². The highest BCUT2D eigenvalue weighted by Gasteiger charge is 2.35. The van der Waals surface area contributed by atoms with Gasteiger partial charge in [-0.3, -0.25) is 4.90 Å². The monoisotopic (exact) mass is 198 g/mol. The van der Waals surface area contributed by atoms with Crippen LogP contribution in [0, 0.1) is 0 Å². The summed E-state index contributed by atoms with van der Waals surface area (Å²) in [4.78, 5) is 5.09. The molecule has 0 aromatic rings. The Morgan fingerprint density at radius 2 is 1.93 bits per heavy atom. The van der Waals surface area contributed by atoms with Crippen LogP contribution in [-0.2, 0) is 4.74 Å². The van der Waals surface area contributed by atoms with Gasteiger partial charge < -0.3 is 9.64 Å². The quantitative estimate of drug-likeness (QED) is 0.653. The highest BCUT2D eigenvalue weighted by molar-refractivity contribution is 4.91. The van der Waals surface area contributed by atoms with E-state index in [1.807, 2.05) is 7.11 Å². The molecule has 0 amide bonds. The number of piperazine rings is 1. The topological polar surface area (TPSA) is 15.7 Å². The Bertz CT molecular complexity index is 192. The number of ether oxygens (including phenoxy) is 1. The molecule has 1 heterocycles. The van der Waals surface area contributed by atoms with Crippen molar-refractivity contribution in [2.45, 2.75) is 38.0 Å². The van der Waals surface area contributed by atoms with Crippen molar-refractivity contribution in [2.24, 2.45) is 0 Å². The summed E-state index contributed by atoms with van der Waals surface area (Å²) >= 11 is 0. The predicted octanol–water partition coefficient (Wildman–Crippen LogP) is 0.800. The Balaban J connectivity index is 1.78. The fourth-order valence-corrected chi connectivity index (χ4v) is 2.44. The molecule has 2 aliphatic rings. The molecular weight excluding hydrogens is 176 g/mol. The maximum Gasteiger partial charge on any atom is 0.0601 e. The Morgan fingerprint density at radius 3 is 2.50 bits per heavy atom. The number of nitrogens with zero attached hydrogens (tertiary/aromatic N) is 2. The molecule has 1 aliphatic heterocycles. The zero-order valence-electron chi connectivity index (χ0n) is 9.57. The SMILES string of the molecule is COC1CC(N2CCN(C)[C@@H](C)C2)C1. The van der Waals surface area contributed by atoms with Crippen molar-refractivity contribution in [3.05, 3.63) is 0 Å². The lowest BCUT2D eigenvalue weighted by Gasteiger charge is -2.47. The standard InChI is InChI=1S/C11H22N2O/c1-9-8-13(5-4-12(9)2)10-6-11(7-10)14-3/h9-11H,4-8H2,1-3H3/t9-,10?,11?/m0/s1. The van der Waals surface area contributed by atoms with Gasteiger partial charge in [0, 0.05) is 38.8 Å². The summed E-state index contributed by atoms with van der Waals surface area (Å²) in [5.41, 5.74) is 0. The molecule has 0 N–H and O–H groups in total. The molecule has 3 nitrogen and oxygen atoms in total. The van der Waals surface area contributed by atoms with Gasteiger partial charge >= 0.3 is 0 Å². The fourth-order valence-electron chi connectivity index (χ4n) is 2.44. The van der Waals surface area contributed by atoms with Gasteiger partial charge in [-0.05, 0) is 26.8 Å². The zero-order valence-corrected chi connectivity index (χ0v) is 9.57. The molecule has 14 heavy (non-hydrogen) atoms. The highest BCUT2D eigenvalue weighted by atomic mass is 16.5. The minimum absolute atomic E-state index is 0.537. The van der Waals surface area contributed by atoms with Crippen LogP contribution in [0.3, 0.4) is 0 Å². The molecule has 1 aliphatic carbocycles. The van der Waals surface area contributed by atoms with Crippen molar-refractivity contribution >= 4 is 0 Å². The van der Waals surface area contributed by atoms with Crippen molar-refractivity contribution in [3.63, 3.8) is 0 Å². The summed E-state index contributed by atoms with van der Waals surface area (Å²) in [7, 11) is 4.05. The van der Waals surface area contributed by atoms with Gasteiger partial charge in [-0.1, -0.05) is 0 Å². The third kappa shape index (κ3) is 1.95. The average molecular weight is 198 g/mol. The van der Waals surface area contributed by atoms with Crippen LogP contribution in [0.25, 0.3) is 0 Å². The Hall–Kier alpha value is -0.120. The molecule has 0 unspecified atom stereocenters. The van der Waals surface area contributed by atoms with E-state index in [-0.39, 0.29) is 0 Å². The predicted molar refractivity (Wildman–Crippen MR) is 57.5 cm³/mol. The van der Waals surface area contributed by atoms with E-state index in [0.717, 1.165) is 6.04 Å². The van der Waals surface area contributed by atoms with Gasteiger partial charge in [-0.15, -0.1) is 0 Å². The van der Waals surface area contributed by atoms with Gasteiger partial charge in [0.05, 0.1) is 6.10 Å². The number of hydrogen-bond donors (Lipinski definition) is 0. The van der Waals surface area contributed by atoms with Gasteiger partial charge in [0.25, 0.3) is 0 Å². The van der Waals surface area contributed by atoms with Crippen LogP contribution in [0.15, 0.2) is 0 Å². The second kappa shape index (κ2) is 4.17. The number of methoxy groups -OCH3 is 1. The van der Waals surface area contributed by atoms with Crippen LogP contribution >= 0.6 is 0 Å². The molecule has 1 saturated carbocycles. The third-order valence-electron chi connectivity index (χ3n) is 3.91. The van der Waals surface area contributed by atoms with E-state index < -0.39 is 0 Å². The minimum Gasteiger partial charge on any atom is -0.381 e. The third-order valence-corrected chi connectivity index (χ3v) is 3.91. The summed E-state index contributed by atoms with van der Waals surface area (Å²) in [6, 6.07) is 1.52. The second-order valence-electron chi connectivity index (χ2n) is 4.81. The summed E-state index contributed by atoms with van der Waals surface area (Å²) in [6.45, 7) is 6.01. The van der Waals surface area contributed by atoms with Crippen molar-refractivity contribution in [1.29, 1.82) is 0 Å². The molecule has 2 fully saturated rings. The molecule has 1 saturated heterocycles. The van der Waals surface area contributed by atoms with Gasteiger partial charge in [0.1, 0.15) is 0 Å². The van der Waals surface area contributed by atoms with E-state index in [2.05, 4.69) is 23.8 Å². The van der Waals surface area contributed by atoms with Crippen molar-refractivity contribution in [3.8, 4) is 0 Å². The zero-order chi connectivity index (χ0) is 10.1. The van der Waals surface area contributed by atoms with Gasteiger partial charge in [0.2, 0.25) is 0 Å². The lowest BCUT2D eigenvalue weighted by Crippen LogP contribution is -2.57. The molecule has 3 heteroatoms. The van der Waals surface area contributed by atoms with Crippen LogP contribution in [0.2, 0.25) is 0 Å². The van der Waals surface area contributed by atoms with Crippen LogP contribution in [0.4, 0.5) is 0 Å². The summed E-state index contributed by atoms with van der Waals surface area (Å²) in [5, 5.41) is 0. The van der Waals surface area contributed by atoms with Gasteiger partial charge in [-0.25, -0.2) is 0 Å². The van der Waals surface area contributed by atoms with Crippen LogP contribution in [0.1, 0.15) is 19.8 Å². The number of likely N-dealkylation sites (N-methyl/N-ethyl adjacent to an activating group) is 1. The molecule has 0 spiro atoms. The van der Waals surface area contributed by atoms with E-state index >= 15 is 0 Å². The first-order valence-electron chi connectivity index (χ1n) is 5.67. The van der Waals surface area contributed by atoms with Crippen LogP contribution < -0.4 is 0 Å². The average Bonchev–Trinajstić information content (AvgIpc) is 2.09. The fraction of sp³-hybridized carbons (Fsp3) is 1.00. The minimum atomic E-state index is 0.537. The maximum atomic E-state index is 5.32. The largest absolute Gasteiger partial charge is 0.381 e. The normalized spacial score (nSPS) is 40.9. The molecule has 0 bridgehead atoms. The van der Waals surface area contributed by atoms with E-state index in [1.54, 1.807) is 0 Å². The summed E-state index contributed by atoms with van der Waals surface area (Å²) in [6.07, 6.45) is 3.02.